The molecule has 2 saturated carbocycles. The molecule has 0 radical (unpaired) electrons. The van der Waals surface area contributed by atoms with Crippen molar-refractivity contribution in [2.75, 3.05) is 5.73 Å². The van der Waals surface area contributed by atoms with Crippen LogP contribution in [-0.2, 0) is 9.84 Å². The number of aromatic nitrogens is 4. The average molecular weight is 374 g/mol. The number of rotatable bonds is 3. The van der Waals surface area contributed by atoms with Crippen molar-refractivity contribution in [2.45, 2.75) is 82.5 Å². The third-order valence-corrected chi connectivity index (χ3v) is 11.7. The molecule has 0 saturated heterocycles. The summed E-state index contributed by atoms with van der Waals surface area (Å²) in [6.07, 6.45) is 7.68. The maximum atomic E-state index is 6.86. The minimum atomic E-state index is -1.79. The van der Waals surface area contributed by atoms with Crippen LogP contribution in [0.1, 0.15) is 58.7 Å². The van der Waals surface area contributed by atoms with Gasteiger partial charge in [-0.1, -0.05) is 27.2 Å². The van der Waals surface area contributed by atoms with Gasteiger partial charge >= 0.3 is 0 Å². The molecule has 2 aromatic rings. The number of nitrogen functional groups attached to an aromatic ring is 1. The molecule has 2 aliphatic carbocycles. The van der Waals surface area contributed by atoms with E-state index in [1.165, 1.54) is 12.8 Å². The number of nitrogens with zero attached hydrogens (tertiary/aromatic N) is 3. The van der Waals surface area contributed by atoms with Gasteiger partial charge in [0.2, 0.25) is 0 Å². The van der Waals surface area contributed by atoms with Crippen LogP contribution in [0, 0.1) is 5.92 Å². The minimum Gasteiger partial charge on any atom is -0.414 e. The van der Waals surface area contributed by atoms with Crippen LogP contribution in [0.15, 0.2) is 6.33 Å². The molecule has 2 aliphatic rings. The van der Waals surface area contributed by atoms with E-state index in [9.17, 15) is 0 Å². The molecule has 2 heterocycles. The monoisotopic (exact) mass is 373 g/mol. The first-order valence-corrected chi connectivity index (χ1v) is 12.7. The zero-order valence-electron chi connectivity index (χ0n) is 16.6. The van der Waals surface area contributed by atoms with Gasteiger partial charge in [-0.15, -0.1) is 0 Å². The summed E-state index contributed by atoms with van der Waals surface area (Å²) in [6, 6.07) is 0. The summed E-state index contributed by atoms with van der Waals surface area (Å²) in [6.45, 7) is 11.6. The van der Waals surface area contributed by atoms with Crippen molar-refractivity contribution < 1.29 is 4.43 Å². The maximum absolute atomic E-state index is 6.86. The lowest BCUT2D eigenvalue weighted by atomic mass is 9.79. The van der Waals surface area contributed by atoms with Crippen LogP contribution in [0.5, 0.6) is 0 Å². The molecule has 142 valence electrons. The van der Waals surface area contributed by atoms with Gasteiger partial charge in [0.1, 0.15) is 11.3 Å². The second-order valence-corrected chi connectivity index (χ2v) is 14.4. The summed E-state index contributed by atoms with van der Waals surface area (Å²) in [5.74, 6) is 1.89. The molecule has 0 amide bonds. The Morgan fingerprint density at radius 3 is 2.73 bits per heavy atom. The summed E-state index contributed by atoms with van der Waals surface area (Å²) in [7, 11) is -1.79. The van der Waals surface area contributed by atoms with Crippen LogP contribution in [0.25, 0.3) is 11.2 Å². The number of anilines is 1. The molecule has 6 nitrogen and oxygen atoms in total. The molecule has 0 aliphatic heterocycles. The van der Waals surface area contributed by atoms with Crippen molar-refractivity contribution in [3.63, 3.8) is 0 Å². The number of hydrogen-bond acceptors (Lipinski definition) is 5. The van der Waals surface area contributed by atoms with E-state index in [0.717, 1.165) is 30.6 Å². The van der Waals surface area contributed by atoms with Crippen molar-refractivity contribution in [3.05, 3.63) is 12.2 Å². The van der Waals surface area contributed by atoms with Gasteiger partial charge in [0, 0.05) is 11.5 Å². The fraction of sp³-hybridized carbons (Fsp3) is 0.737. The van der Waals surface area contributed by atoms with Gasteiger partial charge in [-0.05, 0) is 49.7 Å². The van der Waals surface area contributed by atoms with Gasteiger partial charge in [-0.25, -0.2) is 15.0 Å². The largest absolute Gasteiger partial charge is 0.414 e. The van der Waals surface area contributed by atoms with Gasteiger partial charge in [0.05, 0.1) is 6.33 Å². The zero-order valence-corrected chi connectivity index (χ0v) is 17.6. The maximum Gasteiger partial charge on any atom is 0.192 e. The molecule has 7 heteroatoms. The Kier molecular flexibility index (Phi) is 3.97. The van der Waals surface area contributed by atoms with E-state index in [2.05, 4.69) is 43.8 Å². The summed E-state index contributed by atoms with van der Waals surface area (Å²) in [4.78, 5) is 16.9. The third-order valence-electron chi connectivity index (χ3n) is 7.18. The SMILES string of the molecule is CC(C)(C)[Si](C)(C)OC1CCC2(c3nc(N)c4[nH]cnc4n3)CCCC12. The zero-order chi connectivity index (χ0) is 18.7. The molecule has 0 aromatic carbocycles. The fourth-order valence-electron chi connectivity index (χ4n) is 4.72. The molecular formula is C19H31N5OSi. The van der Waals surface area contributed by atoms with Crippen LogP contribution in [-0.4, -0.2) is 34.4 Å². The second-order valence-electron chi connectivity index (χ2n) is 9.64. The van der Waals surface area contributed by atoms with Crippen LogP contribution in [0.3, 0.4) is 0 Å². The van der Waals surface area contributed by atoms with Crippen molar-refractivity contribution in [2.24, 2.45) is 5.92 Å². The van der Waals surface area contributed by atoms with Gasteiger partial charge in [0.25, 0.3) is 0 Å². The van der Waals surface area contributed by atoms with E-state index in [0.29, 0.717) is 23.5 Å². The van der Waals surface area contributed by atoms with E-state index < -0.39 is 8.32 Å². The Morgan fingerprint density at radius 1 is 1.23 bits per heavy atom. The molecular weight excluding hydrogens is 342 g/mol. The predicted molar refractivity (Wildman–Crippen MR) is 106 cm³/mol. The topological polar surface area (TPSA) is 89.7 Å². The number of H-pyrrole nitrogens is 1. The molecule has 0 spiro atoms. The highest BCUT2D eigenvalue weighted by molar-refractivity contribution is 6.74. The van der Waals surface area contributed by atoms with E-state index >= 15 is 0 Å². The lowest BCUT2D eigenvalue weighted by Crippen LogP contribution is -2.46. The van der Waals surface area contributed by atoms with E-state index in [-0.39, 0.29) is 10.5 Å². The lowest BCUT2D eigenvalue weighted by molar-refractivity contribution is 0.125. The Hall–Kier alpha value is -1.47. The fourth-order valence-corrected chi connectivity index (χ4v) is 6.11. The smallest absolute Gasteiger partial charge is 0.192 e. The molecule has 2 fully saturated rings. The van der Waals surface area contributed by atoms with E-state index in [4.69, 9.17) is 20.1 Å². The van der Waals surface area contributed by atoms with Crippen molar-refractivity contribution in [1.29, 1.82) is 0 Å². The molecule has 3 atom stereocenters. The van der Waals surface area contributed by atoms with Gasteiger partial charge in [0.15, 0.2) is 19.8 Å². The minimum absolute atomic E-state index is 0.00823. The second kappa shape index (κ2) is 5.76. The van der Waals surface area contributed by atoms with Crippen molar-refractivity contribution in [3.8, 4) is 0 Å². The van der Waals surface area contributed by atoms with Crippen LogP contribution in [0.4, 0.5) is 5.82 Å². The first-order chi connectivity index (χ1) is 12.1. The van der Waals surface area contributed by atoms with E-state index in [1.54, 1.807) is 6.33 Å². The molecule has 0 bridgehead atoms. The summed E-state index contributed by atoms with van der Waals surface area (Å²) < 4.78 is 6.86. The molecule has 3 unspecified atom stereocenters. The molecule has 4 rings (SSSR count). The van der Waals surface area contributed by atoms with Gasteiger partial charge in [-0.2, -0.15) is 0 Å². The quantitative estimate of drug-likeness (QED) is 0.789. The van der Waals surface area contributed by atoms with Crippen LogP contribution in [0.2, 0.25) is 18.1 Å². The molecule has 2 aromatic heterocycles. The normalized spacial score (nSPS) is 29.4. The van der Waals surface area contributed by atoms with Crippen LogP contribution < -0.4 is 5.73 Å². The number of nitrogens with two attached hydrogens (primary N) is 1. The first-order valence-electron chi connectivity index (χ1n) is 9.79. The van der Waals surface area contributed by atoms with Crippen LogP contribution >= 0.6 is 0 Å². The number of imidazole rings is 1. The Bertz CT molecular complexity index is 827. The average Bonchev–Trinajstić information content (AvgIpc) is 3.22. The Balaban J connectivity index is 1.68. The van der Waals surface area contributed by atoms with Gasteiger partial charge in [-0.3, -0.25) is 0 Å². The number of aromatic amines is 1. The lowest BCUT2D eigenvalue weighted by Gasteiger charge is -2.40. The third kappa shape index (κ3) is 2.59. The van der Waals surface area contributed by atoms with Gasteiger partial charge < -0.3 is 15.1 Å². The highest BCUT2D eigenvalue weighted by Crippen LogP contribution is 2.57. The highest BCUT2D eigenvalue weighted by Gasteiger charge is 2.56. The Morgan fingerprint density at radius 2 is 2.00 bits per heavy atom. The first kappa shape index (κ1) is 17.9. The molecule has 3 N–H and O–H groups in total. The van der Waals surface area contributed by atoms with Crippen molar-refractivity contribution >= 4 is 25.3 Å². The predicted octanol–water partition coefficient (Wildman–Crippen LogP) is 4.16. The summed E-state index contributed by atoms with van der Waals surface area (Å²) >= 11 is 0. The molecule has 26 heavy (non-hydrogen) atoms. The highest BCUT2D eigenvalue weighted by atomic mass is 28.4. The standard InChI is InChI=1S/C19H31N5OSi/c1-18(2,3)26(4,5)25-13-8-10-19(9-6-7-12(13)19)17-23-15(20)14-16(24-17)22-11-21-14/h11-13H,6-10H2,1-5H3,(H3,20,21,22,23,24). The summed E-state index contributed by atoms with van der Waals surface area (Å²) in [5, 5.41) is 0.228. The number of hydrogen-bond donors (Lipinski definition) is 2. The number of fused-ring (bicyclic) bond motifs is 2. The van der Waals surface area contributed by atoms with E-state index in [1.807, 2.05) is 0 Å². The number of nitrogens with one attached hydrogen (secondary N) is 1. The van der Waals surface area contributed by atoms with Crippen molar-refractivity contribution in [1.82, 2.24) is 19.9 Å². The summed E-state index contributed by atoms with van der Waals surface area (Å²) in [5.41, 5.74) is 7.63. The Labute approximate surface area is 156 Å².